The molecule has 1 atom stereocenters. The van der Waals surface area contributed by atoms with E-state index in [-0.39, 0.29) is 43.2 Å². The molecule has 4 heterocycles. The van der Waals surface area contributed by atoms with E-state index in [1.54, 1.807) is 6.07 Å². The second-order valence-corrected chi connectivity index (χ2v) is 7.78. The third-order valence-electron chi connectivity index (χ3n) is 5.99. The van der Waals surface area contributed by atoms with Crippen molar-refractivity contribution in [2.45, 2.75) is 43.9 Å². The SMILES string of the molecule is O=C1CC[C@H](N2Cc3cc4c(c(F)c3C2=O)OCC2(CCNCC2)O4)C(=O)N1. The van der Waals surface area contributed by atoms with E-state index in [2.05, 4.69) is 10.6 Å². The molecular weight excluding hydrogens is 369 g/mol. The highest BCUT2D eigenvalue weighted by atomic mass is 19.1. The second-order valence-electron chi connectivity index (χ2n) is 7.78. The summed E-state index contributed by atoms with van der Waals surface area (Å²) in [5.74, 6) is -1.92. The molecule has 2 fully saturated rings. The first kappa shape index (κ1) is 17.4. The molecule has 9 heteroatoms. The zero-order chi connectivity index (χ0) is 19.5. The smallest absolute Gasteiger partial charge is 0.258 e. The van der Waals surface area contributed by atoms with Crippen LogP contribution in [-0.2, 0) is 16.1 Å². The fourth-order valence-corrected chi connectivity index (χ4v) is 4.45. The van der Waals surface area contributed by atoms with Crippen LogP contribution in [0.4, 0.5) is 4.39 Å². The number of carbonyl (C=O) groups excluding carboxylic acids is 3. The Morgan fingerprint density at radius 1 is 1.21 bits per heavy atom. The van der Waals surface area contributed by atoms with Crippen molar-refractivity contribution in [1.82, 2.24) is 15.5 Å². The minimum absolute atomic E-state index is 0.0404. The third-order valence-corrected chi connectivity index (χ3v) is 5.99. The van der Waals surface area contributed by atoms with Crippen LogP contribution in [0.1, 0.15) is 41.6 Å². The Hall–Kier alpha value is -2.68. The molecule has 3 amide bonds. The predicted molar refractivity (Wildman–Crippen MR) is 93.4 cm³/mol. The molecule has 4 aliphatic heterocycles. The van der Waals surface area contributed by atoms with E-state index in [4.69, 9.17) is 9.47 Å². The molecule has 148 valence electrons. The number of halogens is 1. The number of hydrogen-bond donors (Lipinski definition) is 2. The van der Waals surface area contributed by atoms with E-state index >= 15 is 4.39 Å². The van der Waals surface area contributed by atoms with Crippen LogP contribution in [-0.4, -0.2) is 54.0 Å². The first-order valence-corrected chi connectivity index (χ1v) is 9.50. The van der Waals surface area contributed by atoms with Crippen molar-refractivity contribution in [3.05, 3.63) is 23.0 Å². The molecule has 1 aromatic rings. The normalized spacial score (nSPS) is 25.7. The highest BCUT2D eigenvalue weighted by Gasteiger charge is 2.45. The number of imide groups is 1. The first-order chi connectivity index (χ1) is 13.5. The molecule has 5 rings (SSSR count). The van der Waals surface area contributed by atoms with Gasteiger partial charge in [-0.05, 0) is 31.1 Å². The van der Waals surface area contributed by atoms with E-state index in [0.29, 0.717) is 11.3 Å². The Morgan fingerprint density at radius 3 is 2.75 bits per heavy atom. The van der Waals surface area contributed by atoms with Crippen LogP contribution < -0.4 is 20.1 Å². The topological polar surface area (TPSA) is 97.0 Å². The Kier molecular flexibility index (Phi) is 3.84. The van der Waals surface area contributed by atoms with Crippen LogP contribution >= 0.6 is 0 Å². The van der Waals surface area contributed by atoms with Crippen molar-refractivity contribution in [3.8, 4) is 11.5 Å². The molecule has 8 nitrogen and oxygen atoms in total. The monoisotopic (exact) mass is 389 g/mol. The van der Waals surface area contributed by atoms with E-state index < -0.39 is 29.3 Å². The van der Waals surface area contributed by atoms with Crippen LogP contribution in [0.15, 0.2) is 6.07 Å². The first-order valence-electron chi connectivity index (χ1n) is 9.50. The molecule has 0 saturated carbocycles. The maximum atomic E-state index is 15.1. The van der Waals surface area contributed by atoms with E-state index in [9.17, 15) is 14.4 Å². The molecule has 0 radical (unpaired) electrons. The summed E-state index contributed by atoms with van der Waals surface area (Å²) in [6.07, 6.45) is 1.89. The van der Waals surface area contributed by atoms with Crippen LogP contribution in [0.25, 0.3) is 0 Å². The highest BCUT2D eigenvalue weighted by Crippen LogP contribution is 2.45. The number of nitrogens with zero attached hydrogens (tertiary/aromatic N) is 1. The highest BCUT2D eigenvalue weighted by molar-refractivity contribution is 6.05. The van der Waals surface area contributed by atoms with Crippen molar-refractivity contribution in [3.63, 3.8) is 0 Å². The number of carbonyl (C=O) groups is 3. The Morgan fingerprint density at radius 2 is 2.00 bits per heavy atom. The molecule has 28 heavy (non-hydrogen) atoms. The minimum atomic E-state index is -0.786. The summed E-state index contributed by atoms with van der Waals surface area (Å²) in [5.41, 5.74) is -0.0842. The molecular formula is C19H20FN3O5. The zero-order valence-electron chi connectivity index (χ0n) is 15.2. The summed E-state index contributed by atoms with van der Waals surface area (Å²) in [6, 6.07) is 0.868. The standard InChI is InChI=1S/C19H20FN3O5/c20-15-14-10(8-23(18(14)26)11-1-2-13(24)22-17(11)25)7-12-16(15)27-9-19(28-12)3-5-21-6-4-19/h7,11,21H,1-6,8-9H2,(H,22,24,25)/t11-/m0/s1. The summed E-state index contributed by atoms with van der Waals surface area (Å²) in [6.45, 7) is 1.94. The van der Waals surface area contributed by atoms with E-state index in [1.807, 2.05) is 0 Å². The van der Waals surface area contributed by atoms with Gasteiger partial charge in [-0.15, -0.1) is 0 Å². The Bertz CT molecular complexity index is 896. The molecule has 1 aromatic carbocycles. The van der Waals surface area contributed by atoms with Gasteiger partial charge in [0.1, 0.15) is 18.2 Å². The summed E-state index contributed by atoms with van der Waals surface area (Å²) in [7, 11) is 0. The van der Waals surface area contributed by atoms with Gasteiger partial charge in [0.05, 0.1) is 5.56 Å². The van der Waals surface area contributed by atoms with Crippen molar-refractivity contribution in [2.24, 2.45) is 0 Å². The average molecular weight is 389 g/mol. The molecule has 0 unspecified atom stereocenters. The number of rotatable bonds is 1. The molecule has 2 N–H and O–H groups in total. The number of ether oxygens (including phenoxy) is 2. The number of amides is 3. The van der Waals surface area contributed by atoms with Gasteiger partial charge in [-0.2, -0.15) is 0 Å². The quantitative estimate of drug-likeness (QED) is 0.679. The number of fused-ring (bicyclic) bond motifs is 2. The average Bonchev–Trinajstić information content (AvgIpc) is 2.98. The number of hydrogen-bond acceptors (Lipinski definition) is 6. The number of benzene rings is 1. The maximum Gasteiger partial charge on any atom is 0.258 e. The third kappa shape index (κ3) is 2.56. The van der Waals surface area contributed by atoms with Gasteiger partial charge >= 0.3 is 0 Å². The van der Waals surface area contributed by atoms with Gasteiger partial charge in [0.25, 0.3) is 5.91 Å². The summed E-state index contributed by atoms with van der Waals surface area (Å²) in [5, 5.41) is 5.51. The lowest BCUT2D eigenvalue weighted by Crippen LogP contribution is -2.52. The molecule has 0 aromatic heterocycles. The number of piperidine rings is 2. The maximum absolute atomic E-state index is 15.1. The molecule has 1 spiro atoms. The van der Waals surface area contributed by atoms with E-state index in [0.717, 1.165) is 25.9 Å². The molecule has 2 saturated heterocycles. The van der Waals surface area contributed by atoms with Gasteiger partial charge in [0.2, 0.25) is 11.8 Å². The second kappa shape index (κ2) is 6.16. The molecule has 4 aliphatic rings. The lowest BCUT2D eigenvalue weighted by molar-refractivity contribution is -0.136. The van der Waals surface area contributed by atoms with Crippen LogP contribution in [0, 0.1) is 5.82 Å². The van der Waals surface area contributed by atoms with Gasteiger partial charge in [0, 0.05) is 25.8 Å². The fraction of sp³-hybridized carbons (Fsp3) is 0.526. The Labute approximate surface area is 160 Å². The predicted octanol–water partition coefficient (Wildman–Crippen LogP) is 0.480. The van der Waals surface area contributed by atoms with Crippen LogP contribution in [0.3, 0.4) is 0 Å². The van der Waals surface area contributed by atoms with Crippen molar-refractivity contribution in [1.29, 1.82) is 0 Å². The lowest BCUT2D eigenvalue weighted by atomic mass is 9.92. The summed E-state index contributed by atoms with van der Waals surface area (Å²) >= 11 is 0. The Balaban J connectivity index is 1.46. The van der Waals surface area contributed by atoms with Crippen LogP contribution in [0.5, 0.6) is 11.5 Å². The fourth-order valence-electron chi connectivity index (χ4n) is 4.45. The molecule has 0 bridgehead atoms. The van der Waals surface area contributed by atoms with Gasteiger partial charge in [-0.25, -0.2) is 4.39 Å². The lowest BCUT2D eigenvalue weighted by Gasteiger charge is -2.41. The molecule has 0 aliphatic carbocycles. The van der Waals surface area contributed by atoms with Crippen molar-refractivity contribution >= 4 is 17.7 Å². The largest absolute Gasteiger partial charge is 0.483 e. The summed E-state index contributed by atoms with van der Waals surface area (Å²) < 4.78 is 27.0. The van der Waals surface area contributed by atoms with Gasteiger partial charge in [0.15, 0.2) is 17.3 Å². The van der Waals surface area contributed by atoms with Crippen molar-refractivity contribution in [2.75, 3.05) is 19.7 Å². The number of nitrogens with one attached hydrogen (secondary N) is 2. The van der Waals surface area contributed by atoms with Gasteiger partial charge < -0.3 is 19.7 Å². The van der Waals surface area contributed by atoms with Crippen LogP contribution in [0.2, 0.25) is 0 Å². The van der Waals surface area contributed by atoms with E-state index in [1.165, 1.54) is 4.90 Å². The van der Waals surface area contributed by atoms with Crippen molar-refractivity contribution < 1.29 is 28.2 Å². The minimum Gasteiger partial charge on any atom is -0.483 e. The zero-order valence-corrected chi connectivity index (χ0v) is 15.2. The van der Waals surface area contributed by atoms with Gasteiger partial charge in [-0.1, -0.05) is 0 Å². The van der Waals surface area contributed by atoms with Gasteiger partial charge in [-0.3, -0.25) is 19.7 Å². The summed E-state index contributed by atoms with van der Waals surface area (Å²) in [4.78, 5) is 37.7.